The van der Waals surface area contributed by atoms with E-state index >= 15 is 0 Å². The fourth-order valence-electron chi connectivity index (χ4n) is 2.20. The van der Waals surface area contributed by atoms with Crippen LogP contribution in [0, 0.1) is 0 Å². The van der Waals surface area contributed by atoms with Crippen molar-refractivity contribution < 1.29 is 0 Å². The molecular formula is C14H19Cl4N3S. The number of piperazine rings is 1. The third-order valence-corrected chi connectivity index (χ3v) is 4.43. The van der Waals surface area contributed by atoms with Gasteiger partial charge in [0, 0.05) is 48.7 Å². The monoisotopic (exact) mass is 401 g/mol. The number of hydrogen-bond acceptors (Lipinski definition) is 4. The molecule has 0 saturated carbocycles. The summed E-state index contributed by atoms with van der Waals surface area (Å²) in [4.78, 5) is 7.16. The van der Waals surface area contributed by atoms with Gasteiger partial charge in [0.2, 0.25) is 0 Å². The Kier molecular flexibility index (Phi) is 10.6. The van der Waals surface area contributed by atoms with Gasteiger partial charge in [0.25, 0.3) is 0 Å². The second-order valence-electron chi connectivity index (χ2n) is 4.68. The number of hydrogen-bond donors (Lipinski definition) is 1. The van der Waals surface area contributed by atoms with Gasteiger partial charge in [-0.15, -0.1) is 48.6 Å². The lowest BCUT2D eigenvalue weighted by Gasteiger charge is -2.26. The average molecular weight is 403 g/mol. The van der Waals surface area contributed by atoms with Crippen LogP contribution in [0.5, 0.6) is 0 Å². The summed E-state index contributed by atoms with van der Waals surface area (Å²) >= 11 is 7.60. The van der Waals surface area contributed by atoms with Gasteiger partial charge in [-0.25, -0.2) is 4.98 Å². The molecule has 1 fully saturated rings. The van der Waals surface area contributed by atoms with Gasteiger partial charge in [0.15, 0.2) is 0 Å². The molecule has 0 unspecified atom stereocenters. The second-order valence-corrected chi connectivity index (χ2v) is 5.97. The van der Waals surface area contributed by atoms with Gasteiger partial charge in [-0.1, -0.05) is 23.7 Å². The van der Waals surface area contributed by atoms with Crippen LogP contribution in [0.2, 0.25) is 5.02 Å². The maximum atomic E-state index is 5.90. The van der Waals surface area contributed by atoms with Gasteiger partial charge < -0.3 is 5.32 Å². The third-order valence-electron chi connectivity index (χ3n) is 3.24. The van der Waals surface area contributed by atoms with Gasteiger partial charge in [0.05, 0.1) is 5.69 Å². The van der Waals surface area contributed by atoms with E-state index in [2.05, 4.69) is 15.6 Å². The number of rotatable bonds is 3. The number of thiazole rings is 1. The summed E-state index contributed by atoms with van der Waals surface area (Å²) in [6.07, 6.45) is 0. The van der Waals surface area contributed by atoms with E-state index < -0.39 is 0 Å². The summed E-state index contributed by atoms with van der Waals surface area (Å²) < 4.78 is 0. The lowest BCUT2D eigenvalue weighted by molar-refractivity contribution is 0.231. The highest BCUT2D eigenvalue weighted by molar-refractivity contribution is 7.13. The van der Waals surface area contributed by atoms with E-state index in [1.807, 2.05) is 24.3 Å². The van der Waals surface area contributed by atoms with Gasteiger partial charge in [-0.05, 0) is 12.1 Å². The summed E-state index contributed by atoms with van der Waals surface area (Å²) in [6.45, 7) is 5.32. The maximum absolute atomic E-state index is 5.90. The molecule has 1 saturated heterocycles. The first kappa shape index (κ1) is 21.9. The molecule has 3 nitrogen and oxygen atoms in total. The molecule has 3 rings (SSSR count). The molecule has 1 aromatic heterocycles. The first-order valence-electron chi connectivity index (χ1n) is 6.45. The van der Waals surface area contributed by atoms with E-state index in [1.165, 1.54) is 0 Å². The van der Waals surface area contributed by atoms with E-state index in [0.29, 0.717) is 0 Å². The number of nitrogens with zero attached hydrogens (tertiary/aromatic N) is 2. The molecule has 0 aliphatic carbocycles. The van der Waals surface area contributed by atoms with Crippen molar-refractivity contribution >= 4 is 60.2 Å². The Labute approximate surface area is 158 Å². The molecule has 0 radical (unpaired) electrons. The van der Waals surface area contributed by atoms with Crippen molar-refractivity contribution in [3.8, 4) is 10.6 Å². The Hall–Kier alpha value is -0.0700. The summed E-state index contributed by atoms with van der Waals surface area (Å²) in [5.74, 6) is 0. The van der Waals surface area contributed by atoms with Gasteiger partial charge in [-0.3, -0.25) is 4.90 Å². The van der Waals surface area contributed by atoms with Gasteiger partial charge in [0.1, 0.15) is 5.01 Å². The van der Waals surface area contributed by atoms with Crippen LogP contribution in [-0.4, -0.2) is 36.1 Å². The minimum atomic E-state index is 0. The molecule has 0 bridgehead atoms. The normalized spacial score (nSPS) is 14.4. The van der Waals surface area contributed by atoms with E-state index in [0.717, 1.165) is 54.0 Å². The molecule has 1 aliphatic heterocycles. The maximum Gasteiger partial charge on any atom is 0.123 e. The SMILES string of the molecule is Cl.Cl.Cl.Clc1ccc(-c2nc(CN3CCNCC3)cs2)cc1. The molecule has 22 heavy (non-hydrogen) atoms. The molecule has 124 valence electrons. The number of aromatic nitrogens is 1. The summed E-state index contributed by atoms with van der Waals surface area (Å²) in [7, 11) is 0. The van der Waals surface area contributed by atoms with Crippen LogP contribution < -0.4 is 5.32 Å². The van der Waals surface area contributed by atoms with Crippen molar-refractivity contribution in [3.63, 3.8) is 0 Å². The Morgan fingerprint density at radius 3 is 2.36 bits per heavy atom. The molecule has 1 aromatic carbocycles. The van der Waals surface area contributed by atoms with E-state index in [4.69, 9.17) is 16.6 Å². The van der Waals surface area contributed by atoms with Crippen LogP contribution in [-0.2, 0) is 6.54 Å². The lowest BCUT2D eigenvalue weighted by atomic mass is 10.2. The molecule has 8 heteroatoms. The average Bonchev–Trinajstić information content (AvgIpc) is 2.89. The topological polar surface area (TPSA) is 28.2 Å². The van der Waals surface area contributed by atoms with Crippen LogP contribution in [0.15, 0.2) is 29.6 Å². The Morgan fingerprint density at radius 1 is 1.09 bits per heavy atom. The standard InChI is InChI=1S/C14H16ClN3S.3ClH/c15-12-3-1-11(2-4-12)14-17-13(10-19-14)9-18-7-5-16-6-8-18;;;/h1-4,10,16H,5-9H2;3*1H. The molecule has 0 atom stereocenters. The lowest BCUT2D eigenvalue weighted by Crippen LogP contribution is -2.42. The Morgan fingerprint density at radius 2 is 1.73 bits per heavy atom. The molecule has 1 aliphatic rings. The third kappa shape index (κ3) is 5.85. The quantitative estimate of drug-likeness (QED) is 0.836. The van der Waals surface area contributed by atoms with E-state index in [-0.39, 0.29) is 37.2 Å². The number of nitrogens with one attached hydrogen (secondary N) is 1. The first-order valence-corrected chi connectivity index (χ1v) is 7.70. The molecule has 2 aromatic rings. The van der Waals surface area contributed by atoms with Crippen molar-refractivity contribution in [2.75, 3.05) is 26.2 Å². The Bertz CT molecular complexity index is 541. The fraction of sp³-hybridized carbons (Fsp3) is 0.357. The Balaban J connectivity index is 0.00000147. The highest BCUT2D eigenvalue weighted by Gasteiger charge is 2.12. The second kappa shape index (κ2) is 10.7. The van der Waals surface area contributed by atoms with Gasteiger partial charge in [-0.2, -0.15) is 0 Å². The van der Waals surface area contributed by atoms with Gasteiger partial charge >= 0.3 is 0 Å². The van der Waals surface area contributed by atoms with Crippen molar-refractivity contribution in [2.45, 2.75) is 6.54 Å². The van der Waals surface area contributed by atoms with Crippen molar-refractivity contribution in [2.24, 2.45) is 0 Å². The summed E-state index contributed by atoms with van der Waals surface area (Å²) in [5, 5.41) is 7.36. The first-order chi connectivity index (χ1) is 9.31. The predicted molar refractivity (Wildman–Crippen MR) is 102 cm³/mol. The van der Waals surface area contributed by atoms with Crippen LogP contribution in [0.4, 0.5) is 0 Å². The highest BCUT2D eigenvalue weighted by Crippen LogP contribution is 2.25. The number of benzene rings is 1. The summed E-state index contributed by atoms with van der Waals surface area (Å²) in [6, 6.07) is 7.87. The van der Waals surface area contributed by atoms with E-state index in [9.17, 15) is 0 Å². The molecule has 2 heterocycles. The molecule has 0 amide bonds. The largest absolute Gasteiger partial charge is 0.314 e. The van der Waals surface area contributed by atoms with Crippen LogP contribution in [0.3, 0.4) is 0 Å². The smallest absolute Gasteiger partial charge is 0.123 e. The van der Waals surface area contributed by atoms with Crippen LogP contribution >= 0.6 is 60.2 Å². The zero-order valence-electron chi connectivity index (χ0n) is 11.8. The number of halogens is 4. The van der Waals surface area contributed by atoms with Crippen molar-refractivity contribution in [1.29, 1.82) is 0 Å². The zero-order chi connectivity index (χ0) is 13.1. The van der Waals surface area contributed by atoms with Crippen molar-refractivity contribution in [3.05, 3.63) is 40.4 Å². The fourth-order valence-corrected chi connectivity index (χ4v) is 3.15. The molecular weight excluding hydrogens is 384 g/mol. The van der Waals surface area contributed by atoms with E-state index in [1.54, 1.807) is 11.3 Å². The van der Waals surface area contributed by atoms with Crippen molar-refractivity contribution in [1.82, 2.24) is 15.2 Å². The molecule has 0 spiro atoms. The highest BCUT2D eigenvalue weighted by atomic mass is 35.5. The minimum Gasteiger partial charge on any atom is -0.314 e. The summed E-state index contributed by atoms with van der Waals surface area (Å²) in [5.41, 5.74) is 2.30. The zero-order valence-corrected chi connectivity index (χ0v) is 15.8. The molecule has 1 N–H and O–H groups in total. The van der Waals surface area contributed by atoms with Crippen LogP contribution in [0.1, 0.15) is 5.69 Å². The van der Waals surface area contributed by atoms with Crippen LogP contribution in [0.25, 0.3) is 10.6 Å². The minimum absolute atomic E-state index is 0. The predicted octanol–water partition coefficient (Wildman–Crippen LogP) is 4.13.